The van der Waals surface area contributed by atoms with Gasteiger partial charge in [-0.3, -0.25) is 33.6 Å². The van der Waals surface area contributed by atoms with E-state index in [2.05, 4.69) is 26.7 Å². The number of nitrogens with zero attached hydrogens (tertiary/aromatic N) is 5. The average molecular weight is 1010 g/mol. The zero-order chi connectivity index (χ0) is 52.1. The van der Waals surface area contributed by atoms with Crippen LogP contribution in [0.5, 0.6) is 0 Å². The van der Waals surface area contributed by atoms with Crippen LogP contribution < -0.4 is 26.7 Å². The summed E-state index contributed by atoms with van der Waals surface area (Å²) in [4.78, 5) is 144. The molecule has 0 aromatic rings. The zero-order valence-corrected chi connectivity index (χ0v) is 44.4. The molecule has 384 valence electrons. The molecule has 1 heterocycles. The first kappa shape index (κ1) is 62.3. The van der Waals surface area contributed by atoms with E-state index in [0.717, 1.165) is 41.2 Å². The first-order chi connectivity index (χ1) is 30.8. The third-order valence-electron chi connectivity index (χ3n) is 9.30. The van der Waals surface area contributed by atoms with E-state index in [4.69, 9.17) is 14.3 Å². The highest BCUT2D eigenvalue weighted by Gasteiger charge is 2.38. The van der Waals surface area contributed by atoms with Crippen LogP contribution in [-0.2, 0) is 52.7 Å². The summed E-state index contributed by atoms with van der Waals surface area (Å²) in [5.74, 6) is -5.97. The van der Waals surface area contributed by atoms with Gasteiger partial charge in [0.1, 0.15) is 54.0 Å². The average Bonchev–Trinajstić information content (AvgIpc) is 3.22. The van der Waals surface area contributed by atoms with Gasteiger partial charge in [0.25, 0.3) is 0 Å². The van der Waals surface area contributed by atoms with Crippen molar-refractivity contribution >= 4 is 92.9 Å². The third-order valence-corrected chi connectivity index (χ3v) is 11.7. The van der Waals surface area contributed by atoms with Crippen LogP contribution in [0.3, 0.4) is 0 Å². The van der Waals surface area contributed by atoms with Crippen LogP contribution >= 0.6 is 33.3 Å². The number of nitrogens with one attached hydrogen (secondary N) is 5. The molecule has 0 saturated carbocycles. The van der Waals surface area contributed by atoms with E-state index in [-0.39, 0.29) is 23.8 Å². The lowest BCUT2D eigenvalue weighted by Gasteiger charge is -2.36. The molecule has 26 heteroatoms. The molecular formula is C41H74N10O13S3. The number of amides is 9. The van der Waals surface area contributed by atoms with Crippen LogP contribution in [0.25, 0.3) is 0 Å². The Morgan fingerprint density at radius 1 is 0.881 bits per heavy atom. The van der Waals surface area contributed by atoms with E-state index in [1.807, 2.05) is 12.5 Å². The minimum atomic E-state index is -1.48. The molecule has 6 atom stereocenters. The Kier molecular flexibility index (Phi) is 27.2. The fourth-order valence-corrected chi connectivity index (χ4v) is 8.00. The second kappa shape index (κ2) is 29.3. The lowest BCUT2D eigenvalue weighted by Crippen LogP contribution is -2.59. The fraction of sp³-hybridized carbons (Fsp3) is 0.756. The summed E-state index contributed by atoms with van der Waals surface area (Å²) in [5.41, 5.74) is 0.625. The molecule has 1 rings (SSSR count). The van der Waals surface area contributed by atoms with Crippen LogP contribution in [0, 0.1) is 0 Å². The molecule has 67 heavy (non-hydrogen) atoms. The minimum absolute atomic E-state index is 0.0796. The highest BCUT2D eigenvalue weighted by atomic mass is 33.1. The monoisotopic (exact) mass is 1010 g/mol. The second-order valence-electron chi connectivity index (χ2n) is 17.6. The number of alkyl carbamates (subject to hydrolysis) is 2. The van der Waals surface area contributed by atoms with Gasteiger partial charge >= 0.3 is 18.2 Å². The van der Waals surface area contributed by atoms with Crippen LogP contribution in [0.1, 0.15) is 68.7 Å². The molecule has 9 amide bonds. The summed E-state index contributed by atoms with van der Waals surface area (Å²) in [6.45, 7) is 12.5. The molecular weight excluding hydrogens is 937 g/mol. The van der Waals surface area contributed by atoms with Gasteiger partial charge < -0.3 is 60.1 Å². The first-order valence-corrected chi connectivity index (χ1v) is 25.3. The summed E-state index contributed by atoms with van der Waals surface area (Å²) in [6, 6.07) is -7.20. The molecule has 1 aliphatic rings. The molecule has 0 aromatic heterocycles. The number of hydrogen-bond acceptors (Lipinski definition) is 17. The summed E-state index contributed by atoms with van der Waals surface area (Å²) in [5, 5.41) is 9.59. The van der Waals surface area contributed by atoms with Gasteiger partial charge in [0, 0.05) is 60.3 Å². The summed E-state index contributed by atoms with van der Waals surface area (Å²) in [7, 11) is 10.6. The smallest absolute Gasteiger partial charge is 0.408 e. The van der Waals surface area contributed by atoms with Crippen molar-refractivity contribution in [3.05, 3.63) is 0 Å². The predicted octanol–water partition coefficient (Wildman–Crippen LogP) is 0.273. The van der Waals surface area contributed by atoms with Gasteiger partial charge in [0.2, 0.25) is 41.4 Å². The number of rotatable bonds is 10. The minimum Gasteiger partial charge on any atom is -0.444 e. The summed E-state index contributed by atoms with van der Waals surface area (Å²) < 4.78 is 10.5. The lowest BCUT2D eigenvalue weighted by atomic mass is 10.1. The molecule has 0 radical (unpaired) electrons. The summed E-state index contributed by atoms with van der Waals surface area (Å²) in [6.07, 6.45) is 2.31. The van der Waals surface area contributed by atoms with Gasteiger partial charge in [0.05, 0.1) is 6.54 Å². The van der Waals surface area contributed by atoms with E-state index in [1.165, 1.54) is 61.0 Å². The van der Waals surface area contributed by atoms with E-state index >= 15 is 0 Å². The van der Waals surface area contributed by atoms with Crippen LogP contribution in [-0.4, -0.2) is 217 Å². The third kappa shape index (κ3) is 22.8. The van der Waals surface area contributed by atoms with Crippen molar-refractivity contribution < 1.29 is 62.3 Å². The van der Waals surface area contributed by atoms with Crippen LogP contribution in [0.2, 0.25) is 0 Å². The Morgan fingerprint density at radius 3 is 1.94 bits per heavy atom. The Bertz CT molecular complexity index is 1730. The molecule has 0 aliphatic carbocycles. The summed E-state index contributed by atoms with van der Waals surface area (Å²) >= 11 is 1.75. The molecule has 0 bridgehead atoms. The van der Waals surface area contributed by atoms with Crippen molar-refractivity contribution in [3.63, 3.8) is 0 Å². The molecule has 1 saturated heterocycles. The van der Waals surface area contributed by atoms with Crippen molar-refractivity contribution in [1.82, 2.24) is 51.2 Å². The van der Waals surface area contributed by atoms with E-state index in [9.17, 15) is 47.9 Å². The van der Waals surface area contributed by atoms with Crippen molar-refractivity contribution in [2.24, 2.45) is 0 Å². The zero-order valence-electron chi connectivity index (χ0n) is 42.0. The van der Waals surface area contributed by atoms with Gasteiger partial charge in [-0.1, -0.05) is 28.5 Å². The normalized spacial score (nSPS) is 20.3. The number of carbonyl (C=O) groups is 10. The Balaban J connectivity index is 0.0000141. The number of carbonyl (C=O) groups excluding carboxylic acids is 10. The largest absolute Gasteiger partial charge is 0.444 e. The lowest BCUT2D eigenvalue weighted by molar-refractivity contribution is -0.157. The van der Waals surface area contributed by atoms with Gasteiger partial charge in [-0.05, 0) is 74.3 Å². The number of ether oxygens (including phenoxy) is 2. The van der Waals surface area contributed by atoms with Crippen LogP contribution in [0.15, 0.2) is 0 Å². The van der Waals surface area contributed by atoms with Gasteiger partial charge in [0.15, 0.2) is 0 Å². The maximum absolute atomic E-state index is 14.4. The van der Waals surface area contributed by atoms with E-state index in [0.29, 0.717) is 0 Å². The molecule has 0 unspecified atom stereocenters. The maximum Gasteiger partial charge on any atom is 0.408 e. The van der Waals surface area contributed by atoms with Crippen LogP contribution in [0.4, 0.5) is 9.59 Å². The van der Waals surface area contributed by atoms with Gasteiger partial charge in [-0.2, -0.15) is 11.8 Å². The van der Waals surface area contributed by atoms with Crippen molar-refractivity contribution in [3.8, 4) is 0 Å². The quantitative estimate of drug-likeness (QED) is 0.145. The van der Waals surface area contributed by atoms with Gasteiger partial charge in [-0.25, -0.2) is 14.4 Å². The molecule has 1 fully saturated rings. The molecule has 5 N–H and O–H groups in total. The number of hydroxylamine groups is 1. The van der Waals surface area contributed by atoms with Crippen molar-refractivity contribution in [1.29, 1.82) is 0 Å². The molecule has 0 spiro atoms. The highest BCUT2D eigenvalue weighted by molar-refractivity contribution is 8.76. The topological polar surface area (TPSA) is 275 Å². The SMILES string of the molecule is CC[C@H]1C(=O)N(C)C[C@@H](NC(=O)OC(C)(C)C)C(=O)NCC(=O)ON[C@H](C(=O)N(C)[C@@H](C)C(=O)N(C)C)CSSC[C@H](N(C)C(=O)CNC(=O)[C@@H](C)NC(=O)OC(C)(C)C)C(=O)N1C.CSC. The fourth-order valence-electron chi connectivity index (χ4n) is 5.59. The van der Waals surface area contributed by atoms with Crippen molar-refractivity contribution in [2.45, 2.75) is 116 Å². The Morgan fingerprint density at radius 2 is 1.42 bits per heavy atom. The standard InChI is InChI=1S/C39H68N10O13S2.C2H6S/c1-16-26-34(56)46(12)19-24(43-37(59)61-39(7,8)9)31(53)41-18-29(51)62-44-25(33(55)47(13)23(3)32(54)45(10)11)20-63-64-21-27(35(57)49(26)15)48(14)28(50)17-40-30(52)22(2)42-36(58)60-38(4,5)6;1-3-2/h22-27,44H,16-21H2,1-15H3,(H,40,52)(H,41,53)(H,42,58)(H,43,59);1-2H3/t22-,23+,24-,25+,26+,27+;/m1./s1. The number of thioether (sulfide) groups is 1. The predicted molar refractivity (Wildman–Crippen MR) is 257 cm³/mol. The van der Waals surface area contributed by atoms with Crippen molar-refractivity contribution in [2.75, 3.05) is 85.9 Å². The van der Waals surface area contributed by atoms with Gasteiger partial charge in [-0.15, -0.1) is 5.48 Å². The second-order valence-corrected chi connectivity index (χ2v) is 21.0. The molecule has 0 aromatic carbocycles. The highest BCUT2D eigenvalue weighted by Crippen LogP contribution is 2.26. The number of hydrogen-bond donors (Lipinski definition) is 5. The first-order valence-electron chi connectivity index (χ1n) is 21.2. The Hall–Kier alpha value is -4.69. The van der Waals surface area contributed by atoms with E-state index in [1.54, 1.807) is 60.2 Å². The Labute approximate surface area is 407 Å². The molecule has 23 nitrogen and oxygen atoms in total. The van der Waals surface area contributed by atoms with E-state index < -0.39 is 121 Å². The maximum atomic E-state index is 14.4. The number of likely N-dealkylation sites (N-methyl/N-ethyl adjacent to an activating group) is 5. The molecule has 1 aliphatic heterocycles.